The first kappa shape index (κ1) is 18.9. The zero-order valence-corrected chi connectivity index (χ0v) is 15.2. The Morgan fingerprint density at radius 3 is 2.56 bits per heavy atom. The van der Waals surface area contributed by atoms with E-state index in [-0.39, 0.29) is 17.2 Å². The van der Waals surface area contributed by atoms with Crippen LogP contribution in [0.25, 0.3) is 0 Å². The summed E-state index contributed by atoms with van der Waals surface area (Å²) in [6.45, 7) is 8.47. The molecule has 0 unspecified atom stereocenters. The lowest BCUT2D eigenvalue weighted by atomic mass is 9.68. The lowest BCUT2D eigenvalue weighted by Gasteiger charge is -2.36. The van der Waals surface area contributed by atoms with Gasteiger partial charge in [0.1, 0.15) is 6.10 Å². The molecule has 5 heteroatoms. The summed E-state index contributed by atoms with van der Waals surface area (Å²) in [5.41, 5.74) is 1.80. The molecular formula is C20H25NO4. The first-order valence-corrected chi connectivity index (χ1v) is 8.51. The average molecular weight is 343 g/mol. The number of hydrogen-bond donors (Lipinski definition) is 0. The van der Waals surface area contributed by atoms with Crippen molar-refractivity contribution in [1.29, 1.82) is 0 Å². The number of allylic oxidation sites excluding steroid dienone is 3. The van der Waals surface area contributed by atoms with Crippen LogP contribution < -0.4 is 0 Å². The Morgan fingerprint density at radius 1 is 1.36 bits per heavy atom. The maximum absolute atomic E-state index is 12.1. The number of carbonyl (C=O) groups excluding carboxylic acids is 1. The summed E-state index contributed by atoms with van der Waals surface area (Å²) in [5, 5.41) is 10.7. The maximum Gasteiger partial charge on any atom is 0.338 e. The highest BCUT2D eigenvalue weighted by Gasteiger charge is 2.30. The number of esters is 1. The molecule has 0 spiro atoms. The molecule has 0 aliphatic heterocycles. The SMILES string of the molecule is CC1=CCCC(C)(C)[C@H]1/C=C/[C@H](C)OC(=O)c1ccc([N+](=O)[O-])cc1. The van der Waals surface area contributed by atoms with Crippen LogP contribution in [0.5, 0.6) is 0 Å². The van der Waals surface area contributed by atoms with Gasteiger partial charge < -0.3 is 4.74 Å². The van der Waals surface area contributed by atoms with Gasteiger partial charge >= 0.3 is 5.97 Å². The molecule has 1 aromatic rings. The van der Waals surface area contributed by atoms with E-state index < -0.39 is 10.9 Å². The third-order valence-electron chi connectivity index (χ3n) is 4.77. The fourth-order valence-electron chi connectivity index (χ4n) is 3.25. The lowest BCUT2D eigenvalue weighted by Crippen LogP contribution is -2.26. The number of rotatable bonds is 5. The summed E-state index contributed by atoms with van der Waals surface area (Å²) < 4.78 is 5.42. The molecule has 2 atom stereocenters. The van der Waals surface area contributed by atoms with E-state index in [1.807, 2.05) is 13.0 Å². The van der Waals surface area contributed by atoms with Crippen LogP contribution in [0.3, 0.4) is 0 Å². The van der Waals surface area contributed by atoms with Gasteiger partial charge in [-0.15, -0.1) is 0 Å². The van der Waals surface area contributed by atoms with Crippen molar-refractivity contribution in [3.63, 3.8) is 0 Å². The fourth-order valence-corrected chi connectivity index (χ4v) is 3.25. The lowest BCUT2D eigenvalue weighted by molar-refractivity contribution is -0.384. The van der Waals surface area contributed by atoms with E-state index in [4.69, 9.17) is 4.74 Å². The second-order valence-electron chi connectivity index (χ2n) is 7.25. The molecule has 0 saturated carbocycles. The summed E-state index contributed by atoms with van der Waals surface area (Å²) in [6, 6.07) is 5.42. The van der Waals surface area contributed by atoms with E-state index >= 15 is 0 Å². The van der Waals surface area contributed by atoms with E-state index in [1.54, 1.807) is 0 Å². The zero-order chi connectivity index (χ0) is 18.6. The quantitative estimate of drug-likeness (QED) is 0.323. The molecule has 134 valence electrons. The Balaban J connectivity index is 2.00. The van der Waals surface area contributed by atoms with Crippen molar-refractivity contribution in [1.82, 2.24) is 0 Å². The van der Waals surface area contributed by atoms with E-state index in [1.165, 1.54) is 29.8 Å². The van der Waals surface area contributed by atoms with Gasteiger partial charge in [-0.3, -0.25) is 10.1 Å². The molecule has 0 heterocycles. The Bertz CT molecular complexity index is 701. The molecule has 1 aliphatic rings. The predicted molar refractivity (Wildman–Crippen MR) is 97.4 cm³/mol. The van der Waals surface area contributed by atoms with Crippen molar-refractivity contribution in [3.05, 3.63) is 63.7 Å². The molecule has 5 nitrogen and oxygen atoms in total. The Hall–Kier alpha value is -2.43. The van der Waals surface area contributed by atoms with Gasteiger partial charge in [0.25, 0.3) is 5.69 Å². The maximum atomic E-state index is 12.1. The number of carbonyl (C=O) groups is 1. The van der Waals surface area contributed by atoms with Crippen molar-refractivity contribution < 1.29 is 14.5 Å². The molecule has 0 fully saturated rings. The molecule has 0 saturated heterocycles. The smallest absolute Gasteiger partial charge is 0.338 e. The Labute approximate surface area is 148 Å². The van der Waals surface area contributed by atoms with Gasteiger partial charge in [-0.1, -0.05) is 31.6 Å². The van der Waals surface area contributed by atoms with Crippen LogP contribution >= 0.6 is 0 Å². The highest BCUT2D eigenvalue weighted by Crippen LogP contribution is 2.41. The molecule has 1 aliphatic carbocycles. The standard InChI is InChI=1S/C20H25NO4/c1-14-6-5-13-20(3,4)18(14)12-7-15(2)25-19(22)16-8-10-17(11-9-16)21(23)24/h6-12,15,18H,5,13H2,1-4H3/b12-7+/t15-,18-/m0/s1. The van der Waals surface area contributed by atoms with Crippen LogP contribution in [-0.4, -0.2) is 17.0 Å². The van der Waals surface area contributed by atoms with Crippen LogP contribution in [-0.2, 0) is 4.74 Å². The summed E-state index contributed by atoms with van der Waals surface area (Å²) in [5.74, 6) is -0.149. The molecular weight excluding hydrogens is 318 g/mol. The molecule has 0 aromatic heterocycles. The zero-order valence-electron chi connectivity index (χ0n) is 15.2. The summed E-state index contributed by atoms with van der Waals surface area (Å²) >= 11 is 0. The monoisotopic (exact) mass is 343 g/mol. The third-order valence-corrected chi connectivity index (χ3v) is 4.77. The van der Waals surface area contributed by atoms with E-state index in [0.717, 1.165) is 12.8 Å². The number of nitro benzene ring substituents is 1. The number of nitro groups is 1. The van der Waals surface area contributed by atoms with Gasteiger partial charge in [0, 0.05) is 18.1 Å². The first-order valence-electron chi connectivity index (χ1n) is 8.51. The van der Waals surface area contributed by atoms with Crippen LogP contribution in [0.15, 0.2) is 48.1 Å². The predicted octanol–water partition coefficient (Wildman–Crippen LogP) is 5.08. The van der Waals surface area contributed by atoms with Gasteiger partial charge in [-0.25, -0.2) is 4.79 Å². The third kappa shape index (κ3) is 4.78. The molecule has 0 N–H and O–H groups in total. The van der Waals surface area contributed by atoms with Crippen LogP contribution in [0, 0.1) is 21.4 Å². The van der Waals surface area contributed by atoms with Crippen molar-refractivity contribution in [3.8, 4) is 0 Å². The Morgan fingerprint density at radius 2 is 2.00 bits per heavy atom. The minimum Gasteiger partial charge on any atom is -0.455 e. The van der Waals surface area contributed by atoms with Crippen molar-refractivity contribution in [2.75, 3.05) is 0 Å². The van der Waals surface area contributed by atoms with Gasteiger partial charge in [-0.05, 0) is 50.3 Å². The molecule has 25 heavy (non-hydrogen) atoms. The van der Waals surface area contributed by atoms with Gasteiger partial charge in [0.05, 0.1) is 10.5 Å². The summed E-state index contributed by atoms with van der Waals surface area (Å²) in [6.07, 6.45) is 8.18. The average Bonchev–Trinajstić information content (AvgIpc) is 2.53. The number of ether oxygens (including phenoxy) is 1. The number of hydrogen-bond acceptors (Lipinski definition) is 4. The fraction of sp³-hybridized carbons (Fsp3) is 0.450. The largest absolute Gasteiger partial charge is 0.455 e. The number of non-ortho nitro benzene ring substituents is 1. The second-order valence-corrected chi connectivity index (χ2v) is 7.25. The normalized spacial score (nSPS) is 20.8. The summed E-state index contributed by atoms with van der Waals surface area (Å²) in [7, 11) is 0. The minimum atomic E-state index is -0.498. The molecule has 0 bridgehead atoms. The first-order chi connectivity index (χ1) is 11.7. The van der Waals surface area contributed by atoms with E-state index in [9.17, 15) is 14.9 Å². The summed E-state index contributed by atoms with van der Waals surface area (Å²) in [4.78, 5) is 22.3. The van der Waals surface area contributed by atoms with E-state index in [2.05, 4.69) is 32.9 Å². The molecule has 0 amide bonds. The van der Waals surface area contributed by atoms with E-state index in [0.29, 0.717) is 11.5 Å². The highest BCUT2D eigenvalue weighted by molar-refractivity contribution is 5.89. The topological polar surface area (TPSA) is 69.4 Å². The highest BCUT2D eigenvalue weighted by atomic mass is 16.6. The number of nitrogens with zero attached hydrogens (tertiary/aromatic N) is 1. The van der Waals surface area contributed by atoms with Crippen molar-refractivity contribution >= 4 is 11.7 Å². The minimum absolute atomic E-state index is 0.0497. The van der Waals surface area contributed by atoms with Gasteiger partial charge in [0.2, 0.25) is 0 Å². The van der Waals surface area contributed by atoms with Gasteiger partial charge in [0.15, 0.2) is 0 Å². The van der Waals surface area contributed by atoms with Crippen LogP contribution in [0.2, 0.25) is 0 Å². The van der Waals surface area contributed by atoms with Gasteiger partial charge in [-0.2, -0.15) is 0 Å². The van der Waals surface area contributed by atoms with Crippen LogP contribution in [0.4, 0.5) is 5.69 Å². The molecule has 1 aromatic carbocycles. The van der Waals surface area contributed by atoms with Crippen molar-refractivity contribution in [2.24, 2.45) is 11.3 Å². The number of benzene rings is 1. The van der Waals surface area contributed by atoms with Crippen LogP contribution in [0.1, 0.15) is 50.9 Å². The van der Waals surface area contributed by atoms with Crippen molar-refractivity contribution in [2.45, 2.75) is 46.6 Å². The Kier molecular flexibility index (Phi) is 5.77. The second kappa shape index (κ2) is 7.64. The molecule has 0 radical (unpaired) electrons. The molecule has 2 rings (SSSR count).